The third-order valence-corrected chi connectivity index (χ3v) is 3.65. The fraction of sp³-hybridized carbons (Fsp3) is 0.200. The van der Waals surface area contributed by atoms with Crippen LogP contribution < -0.4 is 0 Å². The Hall–Kier alpha value is -2.50. The molecule has 3 rings (SSSR count). The molecule has 0 bridgehead atoms. The molecule has 21 heavy (non-hydrogen) atoms. The normalized spacial score (nSPS) is 17.6. The van der Waals surface area contributed by atoms with Crippen LogP contribution in [0.2, 0.25) is 0 Å². The summed E-state index contributed by atoms with van der Waals surface area (Å²) in [6, 6.07) is 2.91. The fourth-order valence-corrected chi connectivity index (χ4v) is 2.67. The SMILES string of the molecule is O=C(O)c1coc2c1C(=O)[C@H](c1cc(F)ccc1F)CC2. The van der Waals surface area contributed by atoms with Gasteiger partial charge in [-0.25, -0.2) is 13.6 Å². The van der Waals surface area contributed by atoms with Gasteiger partial charge in [0.25, 0.3) is 0 Å². The Morgan fingerprint density at radius 1 is 1.33 bits per heavy atom. The van der Waals surface area contributed by atoms with E-state index < -0.39 is 29.3 Å². The van der Waals surface area contributed by atoms with Crippen LogP contribution in [-0.2, 0) is 6.42 Å². The van der Waals surface area contributed by atoms with Gasteiger partial charge in [-0.05, 0) is 24.6 Å². The lowest BCUT2D eigenvalue weighted by Crippen LogP contribution is -2.23. The number of hydrogen-bond acceptors (Lipinski definition) is 3. The maximum absolute atomic E-state index is 13.8. The van der Waals surface area contributed by atoms with Gasteiger partial charge in [0.15, 0.2) is 5.78 Å². The van der Waals surface area contributed by atoms with E-state index >= 15 is 0 Å². The van der Waals surface area contributed by atoms with Gasteiger partial charge in [-0.15, -0.1) is 0 Å². The van der Waals surface area contributed by atoms with E-state index in [0.29, 0.717) is 6.42 Å². The van der Waals surface area contributed by atoms with Gasteiger partial charge in [-0.2, -0.15) is 0 Å². The molecule has 1 atom stereocenters. The summed E-state index contributed by atoms with van der Waals surface area (Å²) in [4.78, 5) is 23.6. The molecule has 0 fully saturated rings. The molecular formula is C15H10F2O4. The van der Waals surface area contributed by atoms with Crippen molar-refractivity contribution in [3.05, 3.63) is 58.5 Å². The minimum atomic E-state index is -1.28. The third kappa shape index (κ3) is 2.12. The topological polar surface area (TPSA) is 67.5 Å². The van der Waals surface area contributed by atoms with Gasteiger partial charge in [0.2, 0.25) is 0 Å². The molecule has 1 N–H and O–H groups in total. The number of fused-ring (bicyclic) bond motifs is 1. The molecule has 1 aliphatic rings. The van der Waals surface area contributed by atoms with Crippen LogP contribution in [-0.4, -0.2) is 16.9 Å². The summed E-state index contributed by atoms with van der Waals surface area (Å²) in [5, 5.41) is 9.06. The summed E-state index contributed by atoms with van der Waals surface area (Å²) in [6.45, 7) is 0. The quantitative estimate of drug-likeness (QED) is 0.923. The van der Waals surface area contributed by atoms with E-state index in [9.17, 15) is 18.4 Å². The number of rotatable bonds is 2. The van der Waals surface area contributed by atoms with Crippen molar-refractivity contribution in [2.24, 2.45) is 0 Å². The smallest absolute Gasteiger partial charge is 0.339 e. The highest BCUT2D eigenvalue weighted by molar-refractivity contribution is 6.10. The maximum atomic E-state index is 13.8. The minimum absolute atomic E-state index is 0.0394. The molecular weight excluding hydrogens is 282 g/mol. The number of carboxylic acid groups (broad SMARTS) is 1. The van der Waals surface area contributed by atoms with Crippen LogP contribution in [0.15, 0.2) is 28.9 Å². The fourth-order valence-electron chi connectivity index (χ4n) is 2.67. The van der Waals surface area contributed by atoms with Crippen LogP contribution in [0.1, 0.15) is 44.4 Å². The number of aryl methyl sites for hydroxylation is 1. The maximum Gasteiger partial charge on any atom is 0.339 e. The Labute approximate surface area is 118 Å². The van der Waals surface area contributed by atoms with Gasteiger partial charge < -0.3 is 9.52 Å². The number of hydrogen-bond donors (Lipinski definition) is 1. The van der Waals surface area contributed by atoms with Crippen molar-refractivity contribution in [1.82, 2.24) is 0 Å². The highest BCUT2D eigenvalue weighted by Crippen LogP contribution is 2.36. The summed E-state index contributed by atoms with van der Waals surface area (Å²) < 4.78 is 32.2. The largest absolute Gasteiger partial charge is 0.478 e. The first-order valence-electron chi connectivity index (χ1n) is 6.32. The van der Waals surface area contributed by atoms with E-state index in [1.807, 2.05) is 0 Å². The van der Waals surface area contributed by atoms with Crippen molar-refractivity contribution in [2.45, 2.75) is 18.8 Å². The molecule has 0 radical (unpaired) electrons. The van der Waals surface area contributed by atoms with Crippen LogP contribution in [0.5, 0.6) is 0 Å². The molecule has 0 aliphatic heterocycles. The number of carboxylic acids is 1. The number of aromatic carboxylic acids is 1. The number of Topliss-reactive ketones (excluding diaryl/α,β-unsaturated/α-hetero) is 1. The molecule has 0 spiro atoms. The molecule has 0 saturated carbocycles. The summed E-state index contributed by atoms with van der Waals surface area (Å²) in [5.74, 6) is -3.77. The highest BCUT2D eigenvalue weighted by atomic mass is 19.1. The molecule has 0 saturated heterocycles. The molecule has 1 heterocycles. The van der Waals surface area contributed by atoms with Crippen LogP contribution >= 0.6 is 0 Å². The van der Waals surface area contributed by atoms with Gasteiger partial charge in [0, 0.05) is 12.0 Å². The van der Waals surface area contributed by atoms with Gasteiger partial charge in [-0.3, -0.25) is 4.79 Å². The second kappa shape index (κ2) is 4.80. The molecule has 1 aromatic heterocycles. The first-order valence-corrected chi connectivity index (χ1v) is 6.32. The Kier molecular flexibility index (Phi) is 3.08. The predicted octanol–water partition coefficient (Wildman–Crippen LogP) is 3.17. The lowest BCUT2D eigenvalue weighted by Gasteiger charge is -2.21. The molecule has 0 unspecified atom stereocenters. The van der Waals surface area contributed by atoms with Crippen molar-refractivity contribution in [3.63, 3.8) is 0 Å². The summed E-state index contributed by atoms with van der Waals surface area (Å²) in [7, 11) is 0. The molecule has 4 nitrogen and oxygen atoms in total. The first kappa shape index (κ1) is 13.5. The van der Waals surface area contributed by atoms with Crippen LogP contribution in [0, 0.1) is 11.6 Å². The zero-order valence-electron chi connectivity index (χ0n) is 10.7. The van der Waals surface area contributed by atoms with Crippen molar-refractivity contribution in [2.75, 3.05) is 0 Å². The van der Waals surface area contributed by atoms with E-state index in [-0.39, 0.29) is 28.9 Å². The first-order chi connectivity index (χ1) is 9.99. The second-order valence-corrected chi connectivity index (χ2v) is 4.87. The Balaban J connectivity index is 2.08. The van der Waals surface area contributed by atoms with Crippen molar-refractivity contribution in [3.8, 4) is 0 Å². The Bertz CT molecular complexity index is 748. The van der Waals surface area contributed by atoms with E-state index in [1.54, 1.807) is 0 Å². The predicted molar refractivity (Wildman–Crippen MR) is 67.4 cm³/mol. The summed E-state index contributed by atoms with van der Waals surface area (Å²) >= 11 is 0. The zero-order valence-corrected chi connectivity index (χ0v) is 10.7. The van der Waals surface area contributed by atoms with Crippen LogP contribution in [0.3, 0.4) is 0 Å². The number of carbonyl (C=O) groups excluding carboxylic acids is 1. The highest BCUT2D eigenvalue weighted by Gasteiger charge is 2.36. The molecule has 1 aromatic carbocycles. The average molecular weight is 292 g/mol. The molecule has 108 valence electrons. The van der Waals surface area contributed by atoms with Crippen molar-refractivity contribution < 1.29 is 27.9 Å². The Morgan fingerprint density at radius 2 is 2.10 bits per heavy atom. The zero-order chi connectivity index (χ0) is 15.1. The molecule has 2 aromatic rings. The minimum Gasteiger partial charge on any atom is -0.478 e. The monoisotopic (exact) mass is 292 g/mol. The van der Waals surface area contributed by atoms with Gasteiger partial charge >= 0.3 is 5.97 Å². The number of benzene rings is 1. The number of furan rings is 1. The van der Waals surface area contributed by atoms with Crippen molar-refractivity contribution >= 4 is 11.8 Å². The van der Waals surface area contributed by atoms with Gasteiger partial charge in [-0.1, -0.05) is 0 Å². The van der Waals surface area contributed by atoms with Crippen LogP contribution in [0.25, 0.3) is 0 Å². The lowest BCUT2D eigenvalue weighted by molar-refractivity contribution is 0.0690. The number of carbonyl (C=O) groups is 2. The number of halogens is 2. The van der Waals surface area contributed by atoms with Crippen molar-refractivity contribution in [1.29, 1.82) is 0 Å². The van der Waals surface area contributed by atoms with E-state index in [1.165, 1.54) is 0 Å². The van der Waals surface area contributed by atoms with Gasteiger partial charge in [0.1, 0.15) is 29.2 Å². The molecule has 6 heteroatoms. The molecule has 0 amide bonds. The standard InChI is InChI=1S/C15H10F2O4/c16-7-1-3-11(17)9(5-7)8-2-4-12-13(14(8)18)10(6-21-12)15(19)20/h1,3,5-6,8H,2,4H2,(H,19,20)/t8-/m0/s1. The summed E-state index contributed by atoms with van der Waals surface area (Å²) in [5.41, 5.74) is -0.331. The number of ketones is 1. The van der Waals surface area contributed by atoms with Gasteiger partial charge in [0.05, 0.1) is 11.5 Å². The van der Waals surface area contributed by atoms with E-state index in [4.69, 9.17) is 9.52 Å². The summed E-state index contributed by atoms with van der Waals surface area (Å²) in [6.07, 6.45) is 1.56. The van der Waals surface area contributed by atoms with Crippen LogP contribution in [0.4, 0.5) is 8.78 Å². The average Bonchev–Trinajstić information content (AvgIpc) is 2.87. The molecule has 1 aliphatic carbocycles. The third-order valence-electron chi connectivity index (χ3n) is 3.65. The Morgan fingerprint density at radius 3 is 2.81 bits per heavy atom. The van der Waals surface area contributed by atoms with E-state index in [2.05, 4.69) is 0 Å². The second-order valence-electron chi connectivity index (χ2n) is 4.87. The lowest BCUT2D eigenvalue weighted by atomic mass is 9.80. The van der Waals surface area contributed by atoms with E-state index in [0.717, 1.165) is 24.5 Å².